The molecule has 0 fully saturated rings. The highest BCUT2D eigenvalue weighted by molar-refractivity contribution is 6.07. The fraction of sp³-hybridized carbons (Fsp3) is 0.0800. The van der Waals surface area contributed by atoms with E-state index in [0.717, 1.165) is 28.9 Å². The van der Waals surface area contributed by atoms with Gasteiger partial charge in [-0.25, -0.2) is 4.68 Å². The number of para-hydroxylation sites is 1. The van der Waals surface area contributed by atoms with Crippen LogP contribution in [0.5, 0.6) is 0 Å². The molecular weight excluding hydrogens is 404 g/mol. The van der Waals surface area contributed by atoms with E-state index in [-0.39, 0.29) is 11.8 Å². The standard InChI is InChI=1S/C25H20N4O3/c30-24(9-6-18-15-26-29(16-18)22-4-2-1-3-5-22)27-21-7-8-23-19(14-21)10-12-28(23)25(31)20-11-13-32-17-20/h1-9,11,13-17H,10,12H2,(H,27,30)/b9-6-. The van der Waals surface area contributed by atoms with E-state index in [0.29, 0.717) is 17.8 Å². The first kappa shape index (κ1) is 19.6. The number of furan rings is 1. The number of aromatic nitrogens is 2. The van der Waals surface area contributed by atoms with Crippen molar-refractivity contribution in [2.24, 2.45) is 0 Å². The summed E-state index contributed by atoms with van der Waals surface area (Å²) in [5.74, 6) is -0.324. The molecule has 0 radical (unpaired) electrons. The summed E-state index contributed by atoms with van der Waals surface area (Å²) in [5.41, 5.74) is 4.87. The maximum absolute atomic E-state index is 12.6. The molecule has 7 heteroatoms. The summed E-state index contributed by atoms with van der Waals surface area (Å²) in [4.78, 5) is 26.7. The topological polar surface area (TPSA) is 80.4 Å². The maximum Gasteiger partial charge on any atom is 0.261 e. The molecule has 5 rings (SSSR count). The Morgan fingerprint density at radius 3 is 2.78 bits per heavy atom. The minimum absolute atomic E-state index is 0.0896. The van der Waals surface area contributed by atoms with Crippen molar-refractivity contribution < 1.29 is 14.0 Å². The predicted octanol–water partition coefficient (Wildman–Crippen LogP) is 4.32. The molecule has 158 valence electrons. The van der Waals surface area contributed by atoms with Gasteiger partial charge in [-0.15, -0.1) is 0 Å². The molecule has 7 nitrogen and oxygen atoms in total. The van der Waals surface area contributed by atoms with Crippen LogP contribution in [0.25, 0.3) is 11.8 Å². The third-order valence-corrected chi connectivity index (χ3v) is 5.31. The Balaban J connectivity index is 1.24. The lowest BCUT2D eigenvalue weighted by Crippen LogP contribution is -2.28. The molecule has 0 spiro atoms. The van der Waals surface area contributed by atoms with Crippen LogP contribution in [-0.4, -0.2) is 28.1 Å². The van der Waals surface area contributed by atoms with Gasteiger partial charge in [0.15, 0.2) is 0 Å². The molecule has 2 aromatic carbocycles. The van der Waals surface area contributed by atoms with Crippen LogP contribution in [0.2, 0.25) is 0 Å². The van der Waals surface area contributed by atoms with Crippen LogP contribution in [0.15, 0.2) is 90.0 Å². The quantitative estimate of drug-likeness (QED) is 0.484. The first-order valence-corrected chi connectivity index (χ1v) is 10.2. The van der Waals surface area contributed by atoms with Crippen molar-refractivity contribution in [1.82, 2.24) is 9.78 Å². The van der Waals surface area contributed by atoms with Crippen molar-refractivity contribution in [3.05, 3.63) is 102 Å². The number of carbonyl (C=O) groups is 2. The Morgan fingerprint density at radius 1 is 1.09 bits per heavy atom. The SMILES string of the molecule is O=C(/C=C\c1cnn(-c2ccccc2)c1)Nc1ccc2c(c1)CCN2C(=O)c1ccoc1. The van der Waals surface area contributed by atoms with Crippen molar-refractivity contribution >= 4 is 29.3 Å². The molecule has 0 unspecified atom stereocenters. The van der Waals surface area contributed by atoms with Crippen LogP contribution >= 0.6 is 0 Å². The molecular formula is C25H20N4O3. The van der Waals surface area contributed by atoms with E-state index >= 15 is 0 Å². The summed E-state index contributed by atoms with van der Waals surface area (Å²) in [6.07, 6.45) is 10.4. The summed E-state index contributed by atoms with van der Waals surface area (Å²) in [5, 5.41) is 7.20. The van der Waals surface area contributed by atoms with Gasteiger partial charge in [-0.2, -0.15) is 5.10 Å². The second kappa shape index (κ2) is 8.39. The second-order valence-corrected chi connectivity index (χ2v) is 7.44. The predicted molar refractivity (Wildman–Crippen MR) is 122 cm³/mol. The number of fused-ring (bicyclic) bond motifs is 1. The Morgan fingerprint density at radius 2 is 1.97 bits per heavy atom. The molecule has 0 aliphatic carbocycles. The third kappa shape index (κ3) is 3.96. The van der Waals surface area contributed by atoms with Gasteiger partial charge in [0.25, 0.3) is 5.91 Å². The lowest BCUT2D eigenvalue weighted by atomic mass is 10.1. The van der Waals surface area contributed by atoms with Gasteiger partial charge in [0.05, 0.1) is 23.7 Å². The number of hydrogen-bond acceptors (Lipinski definition) is 4. The fourth-order valence-electron chi connectivity index (χ4n) is 3.73. The van der Waals surface area contributed by atoms with Crippen molar-refractivity contribution in [3.63, 3.8) is 0 Å². The highest BCUT2D eigenvalue weighted by Gasteiger charge is 2.26. The highest BCUT2D eigenvalue weighted by Crippen LogP contribution is 2.31. The first-order valence-electron chi connectivity index (χ1n) is 10.2. The zero-order valence-electron chi connectivity index (χ0n) is 17.1. The molecule has 1 aliphatic heterocycles. The largest absolute Gasteiger partial charge is 0.472 e. The van der Waals surface area contributed by atoms with E-state index < -0.39 is 0 Å². The molecule has 0 bridgehead atoms. The molecule has 4 aromatic rings. The number of nitrogens with one attached hydrogen (secondary N) is 1. The summed E-state index contributed by atoms with van der Waals surface area (Å²) in [7, 11) is 0. The van der Waals surface area contributed by atoms with Gasteiger partial charge in [0.1, 0.15) is 6.26 Å². The van der Waals surface area contributed by atoms with Crippen LogP contribution in [0.1, 0.15) is 21.5 Å². The van der Waals surface area contributed by atoms with Crippen LogP contribution < -0.4 is 10.2 Å². The van der Waals surface area contributed by atoms with Gasteiger partial charge in [0.2, 0.25) is 5.91 Å². The number of anilines is 2. The second-order valence-electron chi connectivity index (χ2n) is 7.44. The van der Waals surface area contributed by atoms with Crippen LogP contribution in [0, 0.1) is 0 Å². The minimum atomic E-state index is -0.235. The van der Waals surface area contributed by atoms with E-state index in [1.807, 2.05) is 48.7 Å². The summed E-state index contributed by atoms with van der Waals surface area (Å²) < 4.78 is 6.78. The number of amides is 2. The van der Waals surface area contributed by atoms with Gasteiger partial charge in [0, 0.05) is 35.8 Å². The third-order valence-electron chi connectivity index (χ3n) is 5.31. The monoisotopic (exact) mass is 424 g/mol. The van der Waals surface area contributed by atoms with Crippen LogP contribution in [-0.2, 0) is 11.2 Å². The normalized spacial score (nSPS) is 12.8. The van der Waals surface area contributed by atoms with Crippen molar-refractivity contribution in [1.29, 1.82) is 0 Å². The first-order chi connectivity index (χ1) is 15.7. The van der Waals surface area contributed by atoms with Crippen LogP contribution in [0.3, 0.4) is 0 Å². The molecule has 2 aromatic heterocycles. The number of nitrogens with zero attached hydrogens (tertiary/aromatic N) is 3. The Kier molecular flexibility index (Phi) is 5.13. The Bertz CT molecular complexity index is 1290. The number of rotatable bonds is 5. The Hall–Kier alpha value is -4.39. The molecule has 2 amide bonds. The number of hydrogen-bond donors (Lipinski definition) is 1. The number of benzene rings is 2. The highest BCUT2D eigenvalue weighted by atomic mass is 16.3. The molecule has 0 saturated carbocycles. The van der Waals surface area contributed by atoms with Crippen molar-refractivity contribution in [2.75, 3.05) is 16.8 Å². The minimum Gasteiger partial charge on any atom is -0.472 e. The maximum atomic E-state index is 12.6. The fourth-order valence-corrected chi connectivity index (χ4v) is 3.73. The average Bonchev–Trinajstić information content (AvgIpc) is 3.58. The molecule has 1 N–H and O–H groups in total. The summed E-state index contributed by atoms with van der Waals surface area (Å²) in [6, 6.07) is 17.0. The van der Waals surface area contributed by atoms with Gasteiger partial charge < -0.3 is 14.6 Å². The van der Waals surface area contributed by atoms with Gasteiger partial charge in [-0.05, 0) is 54.5 Å². The lowest BCUT2D eigenvalue weighted by molar-refractivity contribution is -0.111. The zero-order chi connectivity index (χ0) is 21.9. The zero-order valence-corrected chi connectivity index (χ0v) is 17.1. The van der Waals surface area contributed by atoms with Gasteiger partial charge in [-0.3, -0.25) is 9.59 Å². The van der Waals surface area contributed by atoms with E-state index in [9.17, 15) is 9.59 Å². The van der Waals surface area contributed by atoms with E-state index in [4.69, 9.17) is 4.42 Å². The van der Waals surface area contributed by atoms with Crippen LogP contribution in [0.4, 0.5) is 11.4 Å². The Labute approximate surface area is 184 Å². The van der Waals surface area contributed by atoms with Gasteiger partial charge >= 0.3 is 0 Å². The number of carbonyl (C=O) groups excluding carboxylic acids is 2. The van der Waals surface area contributed by atoms with Gasteiger partial charge in [-0.1, -0.05) is 18.2 Å². The molecule has 3 heterocycles. The summed E-state index contributed by atoms with van der Waals surface area (Å²) in [6.45, 7) is 0.599. The summed E-state index contributed by atoms with van der Waals surface area (Å²) >= 11 is 0. The van der Waals surface area contributed by atoms with E-state index in [1.54, 1.807) is 34.0 Å². The van der Waals surface area contributed by atoms with Crippen molar-refractivity contribution in [3.8, 4) is 5.69 Å². The van der Waals surface area contributed by atoms with Crippen molar-refractivity contribution in [2.45, 2.75) is 6.42 Å². The van der Waals surface area contributed by atoms with E-state index in [1.165, 1.54) is 18.6 Å². The van der Waals surface area contributed by atoms with E-state index in [2.05, 4.69) is 10.4 Å². The average molecular weight is 424 g/mol. The molecule has 0 atom stereocenters. The lowest BCUT2D eigenvalue weighted by Gasteiger charge is -2.16. The molecule has 32 heavy (non-hydrogen) atoms. The molecule has 1 aliphatic rings. The molecule has 0 saturated heterocycles. The smallest absolute Gasteiger partial charge is 0.261 e.